The van der Waals surface area contributed by atoms with Crippen molar-refractivity contribution in [1.29, 1.82) is 0 Å². The van der Waals surface area contributed by atoms with E-state index in [1.54, 1.807) is 0 Å². The maximum atomic E-state index is 12.5. The molecule has 2 rings (SSSR count). The predicted molar refractivity (Wildman–Crippen MR) is 89.8 cm³/mol. The fourth-order valence-electron chi connectivity index (χ4n) is 3.01. The average molecular weight is 331 g/mol. The lowest BCUT2D eigenvalue weighted by molar-refractivity contribution is -0.127. The lowest BCUT2D eigenvalue weighted by Crippen LogP contribution is -2.45. The highest BCUT2D eigenvalue weighted by Crippen LogP contribution is 2.32. The van der Waals surface area contributed by atoms with Crippen LogP contribution in [0.25, 0.3) is 0 Å². The standard InChI is InChI=1S/C16H23ClN2O.ClH/c1-16(2,12-6-4-7-13(17)9-12)19-15(20)14-8-3-5-11(14)10-18;/h4,6-7,9,11,14H,3,5,8,10,18H2,1-2H3,(H,19,20);1H/t11-,14-;/m1./s1. The predicted octanol–water partition coefficient (Wildman–Crippen LogP) is 3.49. The largest absolute Gasteiger partial charge is 0.347 e. The highest BCUT2D eigenvalue weighted by atomic mass is 35.5. The monoisotopic (exact) mass is 330 g/mol. The van der Waals surface area contributed by atoms with Gasteiger partial charge in [-0.2, -0.15) is 0 Å². The fraction of sp³-hybridized carbons (Fsp3) is 0.562. The normalized spacial score (nSPS) is 21.7. The second-order valence-electron chi connectivity index (χ2n) is 6.16. The van der Waals surface area contributed by atoms with Crippen molar-refractivity contribution >= 4 is 29.9 Å². The van der Waals surface area contributed by atoms with E-state index in [-0.39, 0.29) is 24.2 Å². The summed E-state index contributed by atoms with van der Waals surface area (Å²) in [5.74, 6) is 0.492. The van der Waals surface area contributed by atoms with E-state index in [1.165, 1.54) is 0 Å². The molecule has 1 aromatic carbocycles. The molecule has 0 saturated heterocycles. The zero-order chi connectivity index (χ0) is 14.8. The first kappa shape index (κ1) is 18.3. The first-order chi connectivity index (χ1) is 9.44. The van der Waals surface area contributed by atoms with Gasteiger partial charge in [0.1, 0.15) is 0 Å². The molecule has 5 heteroatoms. The van der Waals surface area contributed by atoms with Crippen LogP contribution in [0, 0.1) is 11.8 Å². The summed E-state index contributed by atoms with van der Waals surface area (Å²) in [5, 5.41) is 3.84. The molecule has 21 heavy (non-hydrogen) atoms. The maximum absolute atomic E-state index is 12.5. The summed E-state index contributed by atoms with van der Waals surface area (Å²) in [6, 6.07) is 7.63. The van der Waals surface area contributed by atoms with Crippen molar-refractivity contribution in [3.8, 4) is 0 Å². The van der Waals surface area contributed by atoms with Gasteiger partial charge < -0.3 is 11.1 Å². The molecule has 118 valence electrons. The smallest absolute Gasteiger partial charge is 0.224 e. The first-order valence-corrected chi connectivity index (χ1v) is 7.60. The number of amides is 1. The molecule has 1 aromatic rings. The number of rotatable bonds is 4. The van der Waals surface area contributed by atoms with Crippen molar-refractivity contribution in [3.63, 3.8) is 0 Å². The Hall–Kier alpha value is -0.770. The Morgan fingerprint density at radius 3 is 2.76 bits per heavy atom. The van der Waals surface area contributed by atoms with Gasteiger partial charge in [-0.1, -0.05) is 30.2 Å². The van der Waals surface area contributed by atoms with E-state index < -0.39 is 5.54 Å². The minimum absolute atomic E-state index is 0. The minimum Gasteiger partial charge on any atom is -0.347 e. The van der Waals surface area contributed by atoms with Crippen molar-refractivity contribution in [2.24, 2.45) is 17.6 Å². The molecule has 1 aliphatic rings. The number of carbonyl (C=O) groups excluding carboxylic acids is 1. The van der Waals surface area contributed by atoms with Crippen LogP contribution in [0.3, 0.4) is 0 Å². The second kappa shape index (κ2) is 7.48. The molecule has 0 unspecified atom stereocenters. The van der Waals surface area contributed by atoms with Gasteiger partial charge in [-0.25, -0.2) is 0 Å². The topological polar surface area (TPSA) is 55.1 Å². The van der Waals surface area contributed by atoms with Gasteiger partial charge in [0.15, 0.2) is 0 Å². The van der Waals surface area contributed by atoms with Crippen LogP contribution in [-0.4, -0.2) is 12.5 Å². The van der Waals surface area contributed by atoms with Gasteiger partial charge in [-0.15, -0.1) is 12.4 Å². The molecule has 0 spiro atoms. The van der Waals surface area contributed by atoms with Crippen molar-refractivity contribution in [1.82, 2.24) is 5.32 Å². The minimum atomic E-state index is -0.427. The molecular formula is C16H24Cl2N2O. The van der Waals surface area contributed by atoms with Crippen LogP contribution in [0.5, 0.6) is 0 Å². The van der Waals surface area contributed by atoms with Crippen molar-refractivity contribution in [3.05, 3.63) is 34.9 Å². The molecule has 0 heterocycles. The quantitative estimate of drug-likeness (QED) is 0.887. The molecule has 1 fully saturated rings. The van der Waals surface area contributed by atoms with E-state index in [1.807, 2.05) is 38.1 Å². The van der Waals surface area contributed by atoms with Gasteiger partial charge in [-0.3, -0.25) is 4.79 Å². The highest BCUT2D eigenvalue weighted by Gasteiger charge is 2.34. The van der Waals surface area contributed by atoms with Gasteiger partial charge in [0.2, 0.25) is 5.91 Å². The van der Waals surface area contributed by atoms with Crippen LogP contribution in [0.15, 0.2) is 24.3 Å². The fourth-order valence-corrected chi connectivity index (χ4v) is 3.20. The van der Waals surface area contributed by atoms with E-state index in [0.29, 0.717) is 17.5 Å². The third-order valence-corrected chi connectivity index (χ3v) is 4.52. The van der Waals surface area contributed by atoms with Crippen molar-refractivity contribution in [2.45, 2.75) is 38.6 Å². The number of nitrogens with two attached hydrogens (primary N) is 1. The summed E-state index contributed by atoms with van der Waals surface area (Å²) >= 11 is 6.03. The van der Waals surface area contributed by atoms with Crippen LogP contribution >= 0.6 is 24.0 Å². The molecule has 1 aliphatic carbocycles. The maximum Gasteiger partial charge on any atom is 0.224 e. The Bertz CT molecular complexity index is 491. The molecule has 0 bridgehead atoms. The highest BCUT2D eigenvalue weighted by molar-refractivity contribution is 6.30. The summed E-state index contributed by atoms with van der Waals surface area (Å²) < 4.78 is 0. The summed E-state index contributed by atoms with van der Waals surface area (Å²) in [4.78, 5) is 12.5. The molecule has 2 atom stereocenters. The van der Waals surface area contributed by atoms with Crippen LogP contribution in [0.4, 0.5) is 0 Å². The zero-order valence-electron chi connectivity index (χ0n) is 12.6. The van der Waals surface area contributed by atoms with Crippen LogP contribution in [0.2, 0.25) is 5.02 Å². The average Bonchev–Trinajstić information content (AvgIpc) is 2.86. The Morgan fingerprint density at radius 2 is 2.14 bits per heavy atom. The third kappa shape index (κ3) is 4.35. The molecular weight excluding hydrogens is 307 g/mol. The summed E-state index contributed by atoms with van der Waals surface area (Å²) in [6.07, 6.45) is 3.10. The van der Waals surface area contributed by atoms with E-state index in [9.17, 15) is 4.79 Å². The molecule has 1 saturated carbocycles. The Balaban J connectivity index is 0.00000220. The Kier molecular flexibility index (Phi) is 6.51. The lowest BCUT2D eigenvalue weighted by Gasteiger charge is -2.30. The van der Waals surface area contributed by atoms with E-state index in [0.717, 1.165) is 24.8 Å². The van der Waals surface area contributed by atoms with Crippen LogP contribution < -0.4 is 11.1 Å². The van der Waals surface area contributed by atoms with Crippen molar-refractivity contribution < 1.29 is 4.79 Å². The van der Waals surface area contributed by atoms with Crippen molar-refractivity contribution in [2.75, 3.05) is 6.54 Å². The van der Waals surface area contributed by atoms with E-state index in [2.05, 4.69) is 5.32 Å². The molecule has 1 amide bonds. The van der Waals surface area contributed by atoms with Crippen LogP contribution in [-0.2, 0) is 10.3 Å². The van der Waals surface area contributed by atoms with Gasteiger partial charge in [-0.05, 0) is 56.8 Å². The van der Waals surface area contributed by atoms with E-state index in [4.69, 9.17) is 17.3 Å². The van der Waals surface area contributed by atoms with Crippen LogP contribution in [0.1, 0.15) is 38.7 Å². The molecule has 0 aliphatic heterocycles. The number of hydrogen-bond donors (Lipinski definition) is 2. The number of nitrogens with one attached hydrogen (secondary N) is 1. The summed E-state index contributed by atoms with van der Waals surface area (Å²) in [5.41, 5.74) is 6.35. The number of carbonyl (C=O) groups is 1. The van der Waals surface area contributed by atoms with E-state index >= 15 is 0 Å². The zero-order valence-corrected chi connectivity index (χ0v) is 14.1. The SMILES string of the molecule is CC(C)(NC(=O)[C@@H]1CCC[C@@H]1CN)c1cccc(Cl)c1.Cl. The number of benzene rings is 1. The number of halogens is 2. The summed E-state index contributed by atoms with van der Waals surface area (Å²) in [6.45, 7) is 4.60. The summed E-state index contributed by atoms with van der Waals surface area (Å²) in [7, 11) is 0. The second-order valence-corrected chi connectivity index (χ2v) is 6.59. The van der Waals surface area contributed by atoms with Gasteiger partial charge >= 0.3 is 0 Å². The molecule has 3 nitrogen and oxygen atoms in total. The Labute approximate surface area is 138 Å². The van der Waals surface area contributed by atoms with Gasteiger partial charge in [0.25, 0.3) is 0 Å². The first-order valence-electron chi connectivity index (χ1n) is 7.22. The van der Waals surface area contributed by atoms with Gasteiger partial charge in [0.05, 0.1) is 5.54 Å². The Morgan fingerprint density at radius 1 is 1.43 bits per heavy atom. The lowest BCUT2D eigenvalue weighted by atomic mass is 9.90. The third-order valence-electron chi connectivity index (χ3n) is 4.28. The molecule has 0 radical (unpaired) electrons. The number of hydrogen-bond acceptors (Lipinski definition) is 2. The molecule has 0 aromatic heterocycles. The van der Waals surface area contributed by atoms with Gasteiger partial charge in [0, 0.05) is 10.9 Å². The molecule has 3 N–H and O–H groups in total.